The lowest BCUT2D eigenvalue weighted by molar-refractivity contribution is -0.105. The SMILES string of the molecule is O=CNc1cccc(-c2ccnc3cc(C(=O)O)nn23)c1. The van der Waals surface area contributed by atoms with E-state index in [-0.39, 0.29) is 5.69 Å². The fraction of sp³-hybridized carbons (Fsp3) is 0. The third kappa shape index (κ3) is 2.32. The Morgan fingerprint density at radius 2 is 2.14 bits per heavy atom. The van der Waals surface area contributed by atoms with E-state index in [1.54, 1.807) is 30.5 Å². The van der Waals surface area contributed by atoms with Gasteiger partial charge in [-0.15, -0.1) is 0 Å². The van der Waals surface area contributed by atoms with Crippen LogP contribution in [0.15, 0.2) is 42.6 Å². The second-order valence-corrected chi connectivity index (χ2v) is 4.28. The van der Waals surface area contributed by atoms with Crippen molar-refractivity contribution in [3.8, 4) is 11.3 Å². The molecule has 0 aliphatic carbocycles. The third-order valence-corrected chi connectivity index (χ3v) is 2.96. The molecule has 1 amide bonds. The molecule has 0 atom stereocenters. The molecule has 7 nitrogen and oxygen atoms in total. The minimum Gasteiger partial charge on any atom is -0.476 e. The molecule has 3 aromatic rings. The molecule has 0 spiro atoms. The summed E-state index contributed by atoms with van der Waals surface area (Å²) in [6, 6.07) is 10.3. The van der Waals surface area contributed by atoms with Gasteiger partial charge in [0.2, 0.25) is 6.41 Å². The van der Waals surface area contributed by atoms with Gasteiger partial charge in [0, 0.05) is 23.5 Å². The van der Waals surface area contributed by atoms with Gasteiger partial charge < -0.3 is 10.4 Å². The number of carboxylic acids is 1. The quantitative estimate of drug-likeness (QED) is 0.709. The first-order valence-electron chi connectivity index (χ1n) is 6.08. The van der Waals surface area contributed by atoms with Crippen molar-refractivity contribution < 1.29 is 14.7 Å². The number of carbonyl (C=O) groups excluding carboxylic acids is 1. The molecule has 2 heterocycles. The maximum absolute atomic E-state index is 11.0. The van der Waals surface area contributed by atoms with E-state index in [0.29, 0.717) is 23.4 Å². The maximum atomic E-state index is 11.0. The number of nitrogens with zero attached hydrogens (tertiary/aromatic N) is 3. The van der Waals surface area contributed by atoms with Gasteiger partial charge in [0.15, 0.2) is 11.3 Å². The zero-order chi connectivity index (χ0) is 14.8. The van der Waals surface area contributed by atoms with Gasteiger partial charge in [-0.3, -0.25) is 4.79 Å². The second kappa shape index (κ2) is 5.04. The standard InChI is InChI=1S/C14H10N4O3/c19-8-16-10-3-1-2-9(6-10)12-4-5-15-13-7-11(14(20)21)17-18(12)13/h1-8H,(H,16,19)(H,20,21). The fourth-order valence-corrected chi connectivity index (χ4v) is 2.05. The Balaban J connectivity index is 2.17. The number of fused-ring (bicyclic) bond motifs is 1. The van der Waals surface area contributed by atoms with Crippen LogP contribution >= 0.6 is 0 Å². The lowest BCUT2D eigenvalue weighted by Crippen LogP contribution is -2.00. The number of hydrogen-bond donors (Lipinski definition) is 2. The van der Waals surface area contributed by atoms with Gasteiger partial charge in [-0.1, -0.05) is 12.1 Å². The molecule has 7 heteroatoms. The molecule has 2 N–H and O–H groups in total. The number of aromatic carboxylic acids is 1. The van der Waals surface area contributed by atoms with Crippen molar-refractivity contribution in [2.45, 2.75) is 0 Å². The van der Waals surface area contributed by atoms with Crippen molar-refractivity contribution in [2.75, 3.05) is 5.32 Å². The van der Waals surface area contributed by atoms with E-state index in [4.69, 9.17) is 5.11 Å². The van der Waals surface area contributed by atoms with Crippen LogP contribution in [-0.2, 0) is 4.79 Å². The predicted octanol–water partition coefficient (Wildman–Crippen LogP) is 1.66. The van der Waals surface area contributed by atoms with Crippen LogP contribution in [0.5, 0.6) is 0 Å². The van der Waals surface area contributed by atoms with Gasteiger partial charge >= 0.3 is 5.97 Å². The van der Waals surface area contributed by atoms with Gasteiger partial charge in [-0.05, 0) is 18.2 Å². The maximum Gasteiger partial charge on any atom is 0.356 e. The van der Waals surface area contributed by atoms with Crippen LogP contribution < -0.4 is 5.32 Å². The summed E-state index contributed by atoms with van der Waals surface area (Å²) in [5.41, 5.74) is 2.48. The third-order valence-electron chi connectivity index (χ3n) is 2.96. The van der Waals surface area contributed by atoms with E-state index in [1.807, 2.05) is 6.07 Å². The van der Waals surface area contributed by atoms with Gasteiger partial charge in [0.25, 0.3) is 0 Å². The van der Waals surface area contributed by atoms with Gasteiger partial charge in [0.1, 0.15) is 0 Å². The highest BCUT2D eigenvalue weighted by Gasteiger charge is 2.12. The summed E-state index contributed by atoms with van der Waals surface area (Å²) < 4.78 is 1.46. The van der Waals surface area contributed by atoms with Crippen LogP contribution in [0.4, 0.5) is 5.69 Å². The molecule has 0 fully saturated rings. The van der Waals surface area contributed by atoms with Crippen LogP contribution in [0.25, 0.3) is 16.9 Å². The van der Waals surface area contributed by atoms with E-state index in [1.165, 1.54) is 10.6 Å². The summed E-state index contributed by atoms with van der Waals surface area (Å²) in [5, 5.41) is 15.6. The number of anilines is 1. The first-order chi connectivity index (χ1) is 10.2. The van der Waals surface area contributed by atoms with E-state index in [2.05, 4.69) is 15.4 Å². The first-order valence-corrected chi connectivity index (χ1v) is 6.08. The van der Waals surface area contributed by atoms with Crippen molar-refractivity contribution in [3.63, 3.8) is 0 Å². The predicted molar refractivity (Wildman–Crippen MR) is 75.1 cm³/mol. The van der Waals surface area contributed by atoms with Crippen molar-refractivity contribution in [1.82, 2.24) is 14.6 Å². The molecule has 0 radical (unpaired) electrons. The van der Waals surface area contributed by atoms with Crippen LogP contribution in [0.2, 0.25) is 0 Å². The summed E-state index contributed by atoms with van der Waals surface area (Å²) in [7, 11) is 0. The molecule has 2 aromatic heterocycles. The molecule has 21 heavy (non-hydrogen) atoms. The first kappa shape index (κ1) is 12.8. The van der Waals surface area contributed by atoms with E-state index < -0.39 is 5.97 Å². The number of aromatic nitrogens is 3. The number of benzene rings is 1. The Bertz CT molecular complexity index is 841. The number of hydrogen-bond acceptors (Lipinski definition) is 4. The Kier molecular flexibility index (Phi) is 3.07. The number of amides is 1. The van der Waals surface area contributed by atoms with Crippen molar-refractivity contribution >= 4 is 23.7 Å². The zero-order valence-corrected chi connectivity index (χ0v) is 10.7. The normalized spacial score (nSPS) is 10.5. The Labute approximate surface area is 118 Å². The summed E-state index contributed by atoms with van der Waals surface area (Å²) >= 11 is 0. The molecule has 0 saturated heterocycles. The lowest BCUT2D eigenvalue weighted by atomic mass is 10.1. The van der Waals surface area contributed by atoms with Gasteiger partial charge in [-0.25, -0.2) is 14.3 Å². The molecule has 1 aromatic carbocycles. The lowest BCUT2D eigenvalue weighted by Gasteiger charge is -2.06. The Hall–Kier alpha value is -3.22. The van der Waals surface area contributed by atoms with Crippen molar-refractivity contribution in [1.29, 1.82) is 0 Å². The Morgan fingerprint density at radius 3 is 2.90 bits per heavy atom. The second-order valence-electron chi connectivity index (χ2n) is 4.28. The number of nitrogens with one attached hydrogen (secondary N) is 1. The minimum absolute atomic E-state index is 0.0721. The summed E-state index contributed by atoms with van der Waals surface area (Å²) in [6.45, 7) is 0. The van der Waals surface area contributed by atoms with Crippen molar-refractivity contribution in [3.05, 3.63) is 48.3 Å². The monoisotopic (exact) mass is 282 g/mol. The summed E-state index contributed by atoms with van der Waals surface area (Å²) in [6.07, 6.45) is 2.18. The molecular weight excluding hydrogens is 272 g/mol. The highest BCUT2D eigenvalue weighted by molar-refractivity contribution is 5.87. The summed E-state index contributed by atoms with van der Waals surface area (Å²) in [5.74, 6) is -1.11. The highest BCUT2D eigenvalue weighted by Crippen LogP contribution is 2.23. The molecule has 0 saturated carbocycles. The Morgan fingerprint density at radius 1 is 1.29 bits per heavy atom. The highest BCUT2D eigenvalue weighted by atomic mass is 16.4. The number of carboxylic acid groups (broad SMARTS) is 1. The van der Waals surface area contributed by atoms with Crippen LogP contribution in [0.3, 0.4) is 0 Å². The fourth-order valence-electron chi connectivity index (χ4n) is 2.05. The van der Waals surface area contributed by atoms with Crippen molar-refractivity contribution in [2.24, 2.45) is 0 Å². The van der Waals surface area contributed by atoms with E-state index >= 15 is 0 Å². The smallest absolute Gasteiger partial charge is 0.356 e. The van der Waals surface area contributed by atoms with Crippen LogP contribution in [-0.4, -0.2) is 32.1 Å². The zero-order valence-electron chi connectivity index (χ0n) is 10.7. The van der Waals surface area contributed by atoms with E-state index in [9.17, 15) is 9.59 Å². The molecule has 3 rings (SSSR count). The molecular formula is C14H10N4O3. The molecule has 0 bridgehead atoms. The van der Waals surface area contributed by atoms with Crippen LogP contribution in [0.1, 0.15) is 10.5 Å². The number of carbonyl (C=O) groups is 2. The van der Waals surface area contributed by atoms with Crippen LogP contribution in [0, 0.1) is 0 Å². The molecule has 104 valence electrons. The topological polar surface area (TPSA) is 96.6 Å². The molecule has 0 aliphatic rings. The molecule has 0 aliphatic heterocycles. The average Bonchev–Trinajstić information content (AvgIpc) is 2.92. The van der Waals surface area contributed by atoms with E-state index in [0.717, 1.165) is 5.56 Å². The van der Waals surface area contributed by atoms with Gasteiger partial charge in [0.05, 0.1) is 5.69 Å². The average molecular weight is 282 g/mol. The van der Waals surface area contributed by atoms with Gasteiger partial charge in [-0.2, -0.15) is 5.10 Å². The summed E-state index contributed by atoms with van der Waals surface area (Å²) in [4.78, 5) is 25.6. The number of rotatable bonds is 4. The largest absolute Gasteiger partial charge is 0.476 e. The minimum atomic E-state index is -1.11. The molecule has 0 unspecified atom stereocenters.